The van der Waals surface area contributed by atoms with E-state index in [9.17, 15) is 18.3 Å². The zero-order chi connectivity index (χ0) is 26.6. The molecular weight excluding hydrogens is 528 g/mol. The van der Waals surface area contributed by atoms with Gasteiger partial charge >= 0.3 is 0 Å². The van der Waals surface area contributed by atoms with Crippen molar-refractivity contribution in [3.05, 3.63) is 82.7 Å². The van der Waals surface area contributed by atoms with E-state index < -0.39 is 10.0 Å². The first-order chi connectivity index (χ1) is 17.6. The number of likely N-dealkylation sites (tertiary alicyclic amines) is 1. The molecule has 11 heteroatoms. The van der Waals surface area contributed by atoms with E-state index in [0.717, 1.165) is 29.7 Å². The maximum absolute atomic E-state index is 13.3. The predicted octanol–water partition coefficient (Wildman–Crippen LogP) is 3.00. The number of halogens is 1. The summed E-state index contributed by atoms with van der Waals surface area (Å²) in [4.78, 5) is 17.3. The minimum absolute atomic E-state index is 0. The lowest BCUT2D eigenvalue weighted by molar-refractivity contribution is -0.131. The average Bonchev–Trinajstić information content (AvgIpc) is 3.46. The number of nitrogens with one attached hydrogen (secondary N) is 1. The Morgan fingerprint density at radius 2 is 1.82 bits per heavy atom. The summed E-state index contributed by atoms with van der Waals surface area (Å²) in [5.41, 5.74) is 2.99. The number of likely N-dealkylation sites (N-methyl/N-ethyl adjacent to an activating group) is 1. The highest BCUT2D eigenvalue weighted by Gasteiger charge is 2.28. The SMILES string of the molecule is Cc1noc(C)c1S(=O)(=O)NCc1ccc(CC(=O)N(C)C(CN2CCC(O)C2)c2ccccc2)cc1.Cl. The van der Waals surface area contributed by atoms with Gasteiger partial charge < -0.3 is 14.5 Å². The second-order valence-electron chi connectivity index (χ2n) is 9.60. The molecule has 2 aromatic carbocycles. The molecule has 2 N–H and O–H groups in total. The fourth-order valence-corrected chi connectivity index (χ4v) is 6.05. The number of carbonyl (C=O) groups is 1. The van der Waals surface area contributed by atoms with E-state index in [1.807, 2.05) is 61.6 Å². The summed E-state index contributed by atoms with van der Waals surface area (Å²) in [6, 6.07) is 17.2. The van der Waals surface area contributed by atoms with Crippen molar-refractivity contribution in [2.45, 2.75) is 50.3 Å². The second-order valence-corrected chi connectivity index (χ2v) is 11.3. The molecule has 206 valence electrons. The summed E-state index contributed by atoms with van der Waals surface area (Å²) in [5.74, 6) is 0.234. The Balaban J connectivity index is 0.00000400. The Labute approximate surface area is 230 Å². The van der Waals surface area contributed by atoms with E-state index in [1.54, 1.807) is 18.7 Å². The molecule has 0 saturated carbocycles. The van der Waals surface area contributed by atoms with E-state index in [-0.39, 0.29) is 54.1 Å². The van der Waals surface area contributed by atoms with Gasteiger partial charge in [-0.3, -0.25) is 9.69 Å². The number of hydrogen-bond donors (Lipinski definition) is 2. The van der Waals surface area contributed by atoms with Gasteiger partial charge in [-0.05, 0) is 37.0 Å². The lowest BCUT2D eigenvalue weighted by Crippen LogP contribution is -2.39. The molecule has 1 aliphatic heterocycles. The summed E-state index contributed by atoms with van der Waals surface area (Å²) >= 11 is 0. The molecular formula is C27H35ClN4O5S. The summed E-state index contributed by atoms with van der Waals surface area (Å²) in [7, 11) is -1.93. The number of aromatic nitrogens is 1. The van der Waals surface area contributed by atoms with Crippen LogP contribution in [0, 0.1) is 13.8 Å². The zero-order valence-corrected chi connectivity index (χ0v) is 23.5. The number of nitrogens with zero attached hydrogens (tertiary/aromatic N) is 3. The van der Waals surface area contributed by atoms with Gasteiger partial charge in [-0.2, -0.15) is 0 Å². The van der Waals surface area contributed by atoms with Crippen molar-refractivity contribution >= 4 is 28.3 Å². The number of aliphatic hydroxyl groups excluding tert-OH is 1. The molecule has 2 heterocycles. The Bertz CT molecular complexity index is 1300. The van der Waals surface area contributed by atoms with E-state index >= 15 is 0 Å². The molecule has 1 amide bonds. The Hall–Kier alpha value is -2.76. The number of benzene rings is 2. The molecule has 1 aromatic heterocycles. The molecule has 0 aliphatic carbocycles. The van der Waals surface area contributed by atoms with Gasteiger partial charge in [0.15, 0.2) is 5.76 Å². The normalized spacial score (nSPS) is 16.7. The summed E-state index contributed by atoms with van der Waals surface area (Å²) in [6.07, 6.45) is 0.665. The molecule has 1 fully saturated rings. The van der Waals surface area contributed by atoms with Crippen molar-refractivity contribution < 1.29 is 22.8 Å². The van der Waals surface area contributed by atoms with Crippen LogP contribution in [0.4, 0.5) is 0 Å². The second kappa shape index (κ2) is 12.9. The molecule has 2 unspecified atom stereocenters. The van der Waals surface area contributed by atoms with Crippen molar-refractivity contribution in [1.29, 1.82) is 0 Å². The first-order valence-corrected chi connectivity index (χ1v) is 13.8. The van der Waals surface area contributed by atoms with Crippen LogP contribution in [0.1, 0.15) is 40.6 Å². The number of sulfonamides is 1. The smallest absolute Gasteiger partial charge is 0.246 e. The number of aryl methyl sites for hydroxylation is 2. The van der Waals surface area contributed by atoms with Gasteiger partial charge in [-0.25, -0.2) is 13.1 Å². The maximum atomic E-state index is 13.3. The Morgan fingerprint density at radius 3 is 2.39 bits per heavy atom. The number of amides is 1. The van der Waals surface area contributed by atoms with Gasteiger partial charge in [0.2, 0.25) is 15.9 Å². The average molecular weight is 563 g/mol. The van der Waals surface area contributed by atoms with Gasteiger partial charge in [-0.15, -0.1) is 12.4 Å². The molecule has 4 rings (SSSR count). The molecule has 38 heavy (non-hydrogen) atoms. The first-order valence-electron chi connectivity index (χ1n) is 12.4. The fraction of sp³-hybridized carbons (Fsp3) is 0.407. The lowest BCUT2D eigenvalue weighted by atomic mass is 10.0. The highest BCUT2D eigenvalue weighted by Crippen LogP contribution is 2.24. The van der Waals surface area contributed by atoms with Crippen LogP contribution in [0.5, 0.6) is 0 Å². The van der Waals surface area contributed by atoms with Crippen molar-refractivity contribution in [2.75, 3.05) is 26.7 Å². The fourth-order valence-electron chi connectivity index (χ4n) is 4.71. The Kier molecular flexibility index (Phi) is 10.1. The quantitative estimate of drug-likeness (QED) is 0.390. The van der Waals surface area contributed by atoms with Crippen LogP contribution in [0.2, 0.25) is 0 Å². The number of aliphatic hydroxyl groups is 1. The first kappa shape index (κ1) is 29.8. The van der Waals surface area contributed by atoms with Crippen LogP contribution < -0.4 is 4.72 Å². The maximum Gasteiger partial charge on any atom is 0.246 e. The third-order valence-electron chi connectivity index (χ3n) is 6.81. The topological polar surface area (TPSA) is 116 Å². The summed E-state index contributed by atoms with van der Waals surface area (Å²) in [5, 5.41) is 13.6. The van der Waals surface area contributed by atoms with Gasteiger partial charge in [0.05, 0.1) is 18.6 Å². The third-order valence-corrected chi connectivity index (χ3v) is 8.45. The predicted molar refractivity (Wildman–Crippen MR) is 146 cm³/mol. The monoisotopic (exact) mass is 562 g/mol. The van der Waals surface area contributed by atoms with Gasteiger partial charge in [0.25, 0.3) is 0 Å². The molecule has 1 saturated heterocycles. The Morgan fingerprint density at radius 1 is 1.16 bits per heavy atom. The van der Waals surface area contributed by atoms with E-state index in [0.29, 0.717) is 18.8 Å². The highest BCUT2D eigenvalue weighted by molar-refractivity contribution is 7.89. The number of β-amino-alcohol motifs (C(OH)–C–C–N with tert-alkyl or cyclic N) is 1. The summed E-state index contributed by atoms with van der Waals surface area (Å²) in [6.45, 7) is 5.35. The van der Waals surface area contributed by atoms with Crippen LogP contribution in [0.25, 0.3) is 0 Å². The molecule has 0 spiro atoms. The number of hydrogen-bond acceptors (Lipinski definition) is 7. The molecule has 9 nitrogen and oxygen atoms in total. The van der Waals surface area contributed by atoms with Crippen LogP contribution >= 0.6 is 12.4 Å². The van der Waals surface area contributed by atoms with Gasteiger partial charge in [0.1, 0.15) is 10.6 Å². The number of carbonyl (C=O) groups excluding carboxylic acids is 1. The lowest BCUT2D eigenvalue weighted by Gasteiger charge is -2.32. The van der Waals surface area contributed by atoms with Crippen molar-refractivity contribution in [3.63, 3.8) is 0 Å². The zero-order valence-electron chi connectivity index (χ0n) is 21.8. The molecule has 3 aromatic rings. The minimum atomic E-state index is -3.75. The van der Waals surface area contributed by atoms with Crippen molar-refractivity contribution in [3.8, 4) is 0 Å². The van der Waals surface area contributed by atoms with Crippen molar-refractivity contribution in [1.82, 2.24) is 19.7 Å². The van der Waals surface area contributed by atoms with Crippen LogP contribution in [0.15, 0.2) is 64.0 Å². The van der Waals surface area contributed by atoms with Crippen LogP contribution in [0.3, 0.4) is 0 Å². The van der Waals surface area contributed by atoms with Gasteiger partial charge in [-0.1, -0.05) is 59.8 Å². The van der Waals surface area contributed by atoms with E-state index in [2.05, 4.69) is 14.8 Å². The standard InChI is InChI=1S/C27H34N4O5S.ClH/c1-19-27(20(2)36-29-19)37(34,35)28-16-22-11-9-21(10-12-22)15-26(33)30(3)25(23-7-5-4-6-8-23)18-31-14-13-24(32)17-31;/h4-12,24-25,28,32H,13-18H2,1-3H3;1H. The molecule has 0 bridgehead atoms. The number of rotatable bonds is 10. The highest BCUT2D eigenvalue weighted by atomic mass is 35.5. The minimum Gasteiger partial charge on any atom is -0.392 e. The van der Waals surface area contributed by atoms with Crippen LogP contribution in [-0.4, -0.2) is 67.2 Å². The molecule has 1 aliphatic rings. The van der Waals surface area contributed by atoms with Crippen LogP contribution in [-0.2, 0) is 27.8 Å². The largest absolute Gasteiger partial charge is 0.392 e. The molecule has 0 radical (unpaired) electrons. The van der Waals surface area contributed by atoms with E-state index in [1.165, 1.54) is 0 Å². The third kappa shape index (κ3) is 7.21. The van der Waals surface area contributed by atoms with Crippen molar-refractivity contribution in [2.24, 2.45) is 0 Å². The van der Waals surface area contributed by atoms with Gasteiger partial charge in [0, 0.05) is 33.2 Å². The molecule has 2 atom stereocenters. The van der Waals surface area contributed by atoms with E-state index in [4.69, 9.17) is 4.52 Å². The summed E-state index contributed by atoms with van der Waals surface area (Å²) < 4.78 is 32.8.